The number of methoxy groups -OCH3 is 1. The molecule has 4 aromatic rings. The van der Waals surface area contributed by atoms with Crippen LogP contribution in [0.15, 0.2) is 54.6 Å². The maximum Gasteiger partial charge on any atom is 0.269 e. The van der Waals surface area contributed by atoms with Gasteiger partial charge in [0, 0.05) is 41.6 Å². The normalized spacial score (nSPS) is 11.2. The molecule has 0 unspecified atom stereocenters. The number of hydrogen-bond acceptors (Lipinski definition) is 4. The lowest BCUT2D eigenvalue weighted by Crippen LogP contribution is -2.26. The van der Waals surface area contributed by atoms with Gasteiger partial charge in [-0.15, -0.1) is 0 Å². The Morgan fingerprint density at radius 3 is 2.59 bits per heavy atom. The van der Waals surface area contributed by atoms with E-state index in [0.717, 1.165) is 64.7 Å². The van der Waals surface area contributed by atoms with Crippen LogP contribution in [-0.4, -0.2) is 42.7 Å². The fraction of sp³-hybridized carbons (Fsp3) is 0.308. The van der Waals surface area contributed by atoms with E-state index in [2.05, 4.69) is 23.3 Å². The lowest BCUT2D eigenvalue weighted by atomic mass is 10.1. The second kappa shape index (κ2) is 10.3. The Kier molecular flexibility index (Phi) is 7.02. The van der Waals surface area contributed by atoms with Gasteiger partial charge in [0.15, 0.2) is 0 Å². The first-order valence-electron chi connectivity index (χ1n) is 11.1. The first kappa shape index (κ1) is 21.8. The first-order chi connectivity index (χ1) is 15.7. The average Bonchev–Trinajstić information content (AvgIpc) is 3.21. The van der Waals surface area contributed by atoms with Crippen LogP contribution >= 0.6 is 0 Å². The van der Waals surface area contributed by atoms with Crippen molar-refractivity contribution >= 4 is 27.7 Å². The molecule has 4 rings (SSSR count). The molecule has 0 spiro atoms. The third-order valence-electron chi connectivity index (χ3n) is 5.49. The number of amides is 1. The number of carbonyl (C=O) groups is 1. The molecule has 0 saturated heterocycles. The molecule has 2 heterocycles. The van der Waals surface area contributed by atoms with E-state index in [0.29, 0.717) is 18.8 Å². The number of rotatable bonds is 10. The maximum absolute atomic E-state index is 12.9. The molecule has 32 heavy (non-hydrogen) atoms. The number of aromatic amines is 1. The predicted octanol–water partition coefficient (Wildman–Crippen LogP) is 5.33. The SMILES string of the molecule is CCCCOCCCNC(=O)c1cc2c([nH]c3ccccc32)c(-c2ccc(OC)cc2)n1. The van der Waals surface area contributed by atoms with Crippen molar-refractivity contribution in [3.05, 3.63) is 60.3 Å². The Labute approximate surface area is 188 Å². The first-order valence-corrected chi connectivity index (χ1v) is 11.1. The second-order valence-electron chi connectivity index (χ2n) is 7.75. The molecule has 1 amide bonds. The molecule has 2 N–H and O–H groups in total. The summed E-state index contributed by atoms with van der Waals surface area (Å²) in [6.45, 7) is 4.11. The van der Waals surface area contributed by atoms with Gasteiger partial charge in [-0.3, -0.25) is 4.79 Å². The number of para-hydroxylation sites is 1. The highest BCUT2D eigenvalue weighted by molar-refractivity contribution is 6.13. The number of nitrogens with one attached hydrogen (secondary N) is 2. The minimum Gasteiger partial charge on any atom is -0.497 e. The molecule has 166 valence electrons. The molecule has 0 radical (unpaired) electrons. The summed E-state index contributed by atoms with van der Waals surface area (Å²) < 4.78 is 10.9. The Bertz CT molecular complexity index is 1200. The Morgan fingerprint density at radius 2 is 1.81 bits per heavy atom. The van der Waals surface area contributed by atoms with Crippen molar-refractivity contribution in [2.45, 2.75) is 26.2 Å². The number of nitrogens with zero attached hydrogens (tertiary/aromatic N) is 1. The molecule has 0 aliphatic heterocycles. The number of benzene rings is 2. The van der Waals surface area contributed by atoms with Crippen molar-refractivity contribution in [3.63, 3.8) is 0 Å². The average molecular weight is 432 g/mol. The van der Waals surface area contributed by atoms with Crippen LogP contribution < -0.4 is 10.1 Å². The summed E-state index contributed by atoms with van der Waals surface area (Å²) in [5.41, 5.74) is 3.99. The monoisotopic (exact) mass is 431 g/mol. The Balaban J connectivity index is 1.62. The van der Waals surface area contributed by atoms with Crippen molar-refractivity contribution in [3.8, 4) is 17.0 Å². The summed E-state index contributed by atoms with van der Waals surface area (Å²) in [5.74, 6) is 0.595. The van der Waals surface area contributed by atoms with Crippen LogP contribution in [0.4, 0.5) is 0 Å². The fourth-order valence-electron chi connectivity index (χ4n) is 3.73. The highest BCUT2D eigenvalue weighted by Gasteiger charge is 2.17. The van der Waals surface area contributed by atoms with E-state index >= 15 is 0 Å². The molecule has 2 aromatic carbocycles. The summed E-state index contributed by atoms with van der Waals surface area (Å²) in [7, 11) is 1.64. The minimum absolute atomic E-state index is 0.180. The molecular weight excluding hydrogens is 402 g/mol. The van der Waals surface area contributed by atoms with Gasteiger partial charge in [0.05, 0.1) is 18.3 Å². The molecule has 6 nitrogen and oxygen atoms in total. The van der Waals surface area contributed by atoms with Gasteiger partial charge >= 0.3 is 0 Å². The number of pyridine rings is 1. The van der Waals surface area contributed by atoms with Crippen molar-refractivity contribution in [2.24, 2.45) is 0 Å². The smallest absolute Gasteiger partial charge is 0.269 e. The van der Waals surface area contributed by atoms with Gasteiger partial charge in [-0.1, -0.05) is 31.5 Å². The quantitative estimate of drug-likeness (QED) is 0.333. The standard InChI is InChI=1S/C26H29N3O3/c1-3-4-15-32-16-7-14-27-26(30)23-17-21-20-8-5-6-9-22(20)28-25(21)24(29-23)18-10-12-19(31-2)13-11-18/h5-6,8-13,17,28H,3-4,7,14-16H2,1-2H3,(H,27,30). The number of aromatic nitrogens is 2. The van der Waals surface area contributed by atoms with E-state index in [1.165, 1.54) is 0 Å². The van der Waals surface area contributed by atoms with Crippen LogP contribution in [0.5, 0.6) is 5.75 Å². The van der Waals surface area contributed by atoms with Crippen LogP contribution in [-0.2, 0) is 4.74 Å². The molecule has 0 bridgehead atoms. The van der Waals surface area contributed by atoms with Crippen LogP contribution in [0.25, 0.3) is 33.1 Å². The topological polar surface area (TPSA) is 76.2 Å². The van der Waals surface area contributed by atoms with Crippen molar-refractivity contribution < 1.29 is 14.3 Å². The van der Waals surface area contributed by atoms with Gasteiger partial charge in [0.25, 0.3) is 5.91 Å². The van der Waals surface area contributed by atoms with Crippen molar-refractivity contribution in [1.82, 2.24) is 15.3 Å². The molecule has 0 saturated carbocycles. The van der Waals surface area contributed by atoms with E-state index in [4.69, 9.17) is 14.5 Å². The summed E-state index contributed by atoms with van der Waals surface area (Å²) in [5, 5.41) is 5.03. The highest BCUT2D eigenvalue weighted by atomic mass is 16.5. The second-order valence-corrected chi connectivity index (χ2v) is 7.75. The predicted molar refractivity (Wildman–Crippen MR) is 128 cm³/mol. The lowest BCUT2D eigenvalue weighted by molar-refractivity contribution is 0.0936. The molecule has 0 aliphatic carbocycles. The zero-order valence-corrected chi connectivity index (χ0v) is 18.6. The summed E-state index contributed by atoms with van der Waals surface area (Å²) in [6.07, 6.45) is 2.96. The van der Waals surface area contributed by atoms with Gasteiger partial charge in [-0.2, -0.15) is 0 Å². The van der Waals surface area contributed by atoms with Crippen molar-refractivity contribution in [2.75, 3.05) is 26.9 Å². The summed E-state index contributed by atoms with van der Waals surface area (Å²) in [6, 6.07) is 17.7. The van der Waals surface area contributed by atoms with Gasteiger partial charge in [0.1, 0.15) is 11.4 Å². The molecule has 0 atom stereocenters. The van der Waals surface area contributed by atoms with Gasteiger partial charge in [-0.25, -0.2) is 4.98 Å². The van der Waals surface area contributed by atoms with E-state index in [1.54, 1.807) is 7.11 Å². The van der Waals surface area contributed by atoms with Gasteiger partial charge in [0.2, 0.25) is 0 Å². The number of H-pyrrole nitrogens is 1. The fourth-order valence-corrected chi connectivity index (χ4v) is 3.73. The van der Waals surface area contributed by atoms with E-state index in [9.17, 15) is 4.79 Å². The zero-order valence-electron chi connectivity index (χ0n) is 18.6. The third-order valence-corrected chi connectivity index (χ3v) is 5.49. The molecule has 0 aliphatic rings. The largest absolute Gasteiger partial charge is 0.497 e. The van der Waals surface area contributed by atoms with Gasteiger partial charge in [-0.05, 0) is 49.2 Å². The summed E-state index contributed by atoms with van der Waals surface area (Å²) in [4.78, 5) is 21.1. The number of hydrogen-bond donors (Lipinski definition) is 2. The lowest BCUT2D eigenvalue weighted by Gasteiger charge is -2.09. The number of fused-ring (bicyclic) bond motifs is 3. The highest BCUT2D eigenvalue weighted by Crippen LogP contribution is 2.33. The molecule has 6 heteroatoms. The Morgan fingerprint density at radius 1 is 1.03 bits per heavy atom. The van der Waals surface area contributed by atoms with Crippen LogP contribution in [0, 0.1) is 0 Å². The van der Waals surface area contributed by atoms with E-state index in [1.807, 2.05) is 48.5 Å². The van der Waals surface area contributed by atoms with Crippen molar-refractivity contribution in [1.29, 1.82) is 0 Å². The van der Waals surface area contributed by atoms with Crippen LogP contribution in [0.1, 0.15) is 36.7 Å². The maximum atomic E-state index is 12.9. The van der Waals surface area contributed by atoms with Crippen LogP contribution in [0.2, 0.25) is 0 Å². The molecular formula is C26H29N3O3. The number of carbonyl (C=O) groups excluding carboxylic acids is 1. The number of ether oxygens (including phenoxy) is 2. The number of unbranched alkanes of at least 4 members (excludes halogenated alkanes) is 1. The van der Waals surface area contributed by atoms with E-state index in [-0.39, 0.29) is 5.91 Å². The van der Waals surface area contributed by atoms with E-state index < -0.39 is 0 Å². The molecule has 0 fully saturated rings. The summed E-state index contributed by atoms with van der Waals surface area (Å²) >= 11 is 0. The molecule has 2 aromatic heterocycles. The minimum atomic E-state index is -0.180. The Hall–Kier alpha value is -3.38. The van der Waals surface area contributed by atoms with Crippen LogP contribution in [0.3, 0.4) is 0 Å². The van der Waals surface area contributed by atoms with Gasteiger partial charge < -0.3 is 19.8 Å². The third kappa shape index (κ3) is 4.75. The zero-order chi connectivity index (χ0) is 22.3.